The van der Waals surface area contributed by atoms with Crippen LogP contribution in [0.25, 0.3) is 6.08 Å². The first-order valence-electron chi connectivity index (χ1n) is 8.86. The number of furan rings is 1. The summed E-state index contributed by atoms with van der Waals surface area (Å²) in [5.74, 6) is -0.526. The minimum atomic E-state index is -1.16. The molecule has 30 heavy (non-hydrogen) atoms. The summed E-state index contributed by atoms with van der Waals surface area (Å²) in [6, 6.07) is 7.52. The maximum atomic E-state index is 12.5. The van der Waals surface area contributed by atoms with Crippen molar-refractivity contribution in [3.05, 3.63) is 65.0 Å². The number of methoxy groups -OCH3 is 1. The van der Waals surface area contributed by atoms with Crippen molar-refractivity contribution in [2.75, 3.05) is 7.11 Å². The van der Waals surface area contributed by atoms with E-state index in [1.54, 1.807) is 31.2 Å². The van der Waals surface area contributed by atoms with Gasteiger partial charge in [-0.1, -0.05) is 12.1 Å². The van der Waals surface area contributed by atoms with Gasteiger partial charge in [0.25, 0.3) is 11.1 Å². The Morgan fingerprint density at radius 1 is 1.30 bits per heavy atom. The predicted octanol–water partition coefficient (Wildman–Crippen LogP) is 4.18. The van der Waals surface area contributed by atoms with Crippen LogP contribution in [-0.2, 0) is 11.4 Å². The average molecular weight is 429 g/mol. The topological polar surface area (TPSA) is 106 Å². The van der Waals surface area contributed by atoms with Crippen LogP contribution in [0.2, 0.25) is 0 Å². The van der Waals surface area contributed by atoms with Crippen molar-refractivity contribution in [3.8, 4) is 11.5 Å². The number of aromatic carboxylic acids is 1. The Kier molecular flexibility index (Phi) is 6.31. The highest BCUT2D eigenvalue weighted by molar-refractivity contribution is 8.18. The normalized spacial score (nSPS) is 16.1. The molecule has 8 nitrogen and oxygen atoms in total. The van der Waals surface area contributed by atoms with E-state index < -0.39 is 12.0 Å². The Hall–Kier alpha value is -3.46. The molecule has 1 aromatic heterocycles. The van der Waals surface area contributed by atoms with E-state index in [-0.39, 0.29) is 23.5 Å². The maximum absolute atomic E-state index is 12.5. The van der Waals surface area contributed by atoms with Gasteiger partial charge in [0, 0.05) is 0 Å². The number of carboxylic acids is 1. The Labute approximate surface area is 176 Å². The minimum Gasteiger partial charge on any atom is -0.493 e. The number of imide groups is 1. The third-order valence-corrected chi connectivity index (χ3v) is 5.18. The van der Waals surface area contributed by atoms with Crippen LogP contribution in [0.1, 0.15) is 28.8 Å². The first-order valence-corrected chi connectivity index (χ1v) is 9.68. The Morgan fingerprint density at radius 2 is 2.07 bits per heavy atom. The van der Waals surface area contributed by atoms with Gasteiger partial charge in [0.15, 0.2) is 11.5 Å². The third kappa shape index (κ3) is 4.41. The Balaban J connectivity index is 1.76. The van der Waals surface area contributed by atoms with E-state index in [0.29, 0.717) is 27.7 Å². The lowest BCUT2D eigenvalue weighted by atomic mass is 10.1. The average Bonchev–Trinajstić information content (AvgIpc) is 3.31. The maximum Gasteiger partial charge on any atom is 0.371 e. The largest absolute Gasteiger partial charge is 0.493 e. The molecule has 1 saturated heterocycles. The number of nitrogens with zero attached hydrogens (tertiary/aromatic N) is 1. The molecule has 0 spiro atoms. The minimum absolute atomic E-state index is 0.0152. The molecule has 0 aliphatic carbocycles. The molecule has 156 valence electrons. The summed E-state index contributed by atoms with van der Waals surface area (Å²) in [6.07, 6.45) is 3.14. The van der Waals surface area contributed by atoms with Crippen molar-refractivity contribution in [3.63, 3.8) is 0 Å². The molecule has 0 bridgehead atoms. The zero-order chi connectivity index (χ0) is 21.8. The van der Waals surface area contributed by atoms with E-state index in [1.165, 1.54) is 25.3 Å². The number of hydrogen-bond donors (Lipinski definition) is 1. The number of rotatable bonds is 8. The van der Waals surface area contributed by atoms with Crippen molar-refractivity contribution in [1.82, 2.24) is 4.90 Å². The molecule has 3 rings (SSSR count). The number of hydrogen-bond acceptors (Lipinski definition) is 7. The standard InChI is InChI=1S/C21H19NO7S/c1-4-12(2)22-19(23)18(30-21(22)26)10-13-5-7-15(17(9-13)27-3)28-11-14-6-8-16(29-14)20(24)25/h4-10,12H,1,11H2,2-3H3,(H,24,25). The lowest BCUT2D eigenvalue weighted by molar-refractivity contribution is -0.123. The van der Waals surface area contributed by atoms with Gasteiger partial charge in [-0.05, 0) is 54.6 Å². The van der Waals surface area contributed by atoms with Crippen LogP contribution < -0.4 is 9.47 Å². The molecule has 1 fully saturated rings. The number of amides is 2. The second-order valence-corrected chi connectivity index (χ2v) is 7.29. The Morgan fingerprint density at radius 3 is 2.70 bits per heavy atom. The van der Waals surface area contributed by atoms with Gasteiger partial charge in [-0.3, -0.25) is 14.5 Å². The van der Waals surface area contributed by atoms with E-state index in [1.807, 2.05) is 0 Å². The SMILES string of the molecule is C=CC(C)N1C(=O)SC(=Cc2ccc(OCc3ccc(C(=O)O)o3)c(OC)c2)C1=O. The van der Waals surface area contributed by atoms with Crippen LogP contribution >= 0.6 is 11.8 Å². The highest BCUT2D eigenvalue weighted by Gasteiger charge is 2.37. The quantitative estimate of drug-likeness (QED) is 0.492. The first-order chi connectivity index (χ1) is 14.3. The zero-order valence-electron chi connectivity index (χ0n) is 16.3. The van der Waals surface area contributed by atoms with Crippen LogP contribution in [0.15, 0.2) is 52.3 Å². The number of carbonyl (C=O) groups is 3. The van der Waals surface area contributed by atoms with Gasteiger partial charge in [-0.15, -0.1) is 6.58 Å². The molecular formula is C21H19NO7S. The van der Waals surface area contributed by atoms with Crippen LogP contribution in [0, 0.1) is 0 Å². The van der Waals surface area contributed by atoms with Crippen LogP contribution in [-0.4, -0.2) is 40.3 Å². The van der Waals surface area contributed by atoms with E-state index >= 15 is 0 Å². The fourth-order valence-corrected chi connectivity index (χ4v) is 3.62. The highest BCUT2D eigenvalue weighted by atomic mass is 32.2. The molecule has 0 saturated carbocycles. The van der Waals surface area contributed by atoms with Gasteiger partial charge in [-0.2, -0.15) is 0 Å². The molecule has 1 aliphatic rings. The molecule has 2 heterocycles. The summed E-state index contributed by atoms with van der Waals surface area (Å²) < 4.78 is 16.2. The number of benzene rings is 1. The van der Waals surface area contributed by atoms with Crippen molar-refractivity contribution in [2.24, 2.45) is 0 Å². The second kappa shape index (κ2) is 8.91. The van der Waals surface area contributed by atoms with Gasteiger partial charge in [0.1, 0.15) is 12.4 Å². The molecule has 9 heteroatoms. The Bertz CT molecular complexity index is 1040. The summed E-state index contributed by atoms with van der Waals surface area (Å²) in [7, 11) is 1.47. The molecular weight excluding hydrogens is 410 g/mol. The van der Waals surface area contributed by atoms with Crippen LogP contribution in [0.4, 0.5) is 4.79 Å². The fourth-order valence-electron chi connectivity index (χ4n) is 2.70. The summed E-state index contributed by atoms with van der Waals surface area (Å²) in [4.78, 5) is 37.0. The van der Waals surface area contributed by atoms with E-state index in [4.69, 9.17) is 19.0 Å². The van der Waals surface area contributed by atoms with E-state index in [9.17, 15) is 14.4 Å². The van der Waals surface area contributed by atoms with E-state index in [2.05, 4.69) is 6.58 Å². The van der Waals surface area contributed by atoms with Crippen LogP contribution in [0.3, 0.4) is 0 Å². The lowest BCUT2D eigenvalue weighted by Gasteiger charge is -2.17. The smallest absolute Gasteiger partial charge is 0.371 e. The predicted molar refractivity (Wildman–Crippen MR) is 110 cm³/mol. The van der Waals surface area contributed by atoms with Crippen molar-refractivity contribution >= 4 is 35.0 Å². The van der Waals surface area contributed by atoms with Crippen LogP contribution in [0.5, 0.6) is 11.5 Å². The second-order valence-electron chi connectivity index (χ2n) is 6.30. The third-order valence-electron chi connectivity index (χ3n) is 4.30. The van der Waals surface area contributed by atoms with Gasteiger partial charge < -0.3 is 19.0 Å². The molecule has 2 aromatic rings. The molecule has 1 atom stereocenters. The first kappa shape index (κ1) is 21.3. The number of carboxylic acid groups (broad SMARTS) is 1. The van der Waals surface area contributed by atoms with Crippen molar-refractivity contribution in [2.45, 2.75) is 19.6 Å². The highest BCUT2D eigenvalue weighted by Crippen LogP contribution is 2.35. The molecule has 1 aromatic carbocycles. The van der Waals surface area contributed by atoms with Gasteiger partial charge in [0.05, 0.1) is 18.1 Å². The van der Waals surface area contributed by atoms with Crippen molar-refractivity contribution < 1.29 is 33.4 Å². The summed E-state index contributed by atoms with van der Waals surface area (Å²) in [6.45, 7) is 5.36. The number of thioether (sulfide) groups is 1. The monoisotopic (exact) mass is 429 g/mol. The molecule has 0 radical (unpaired) electrons. The van der Waals surface area contributed by atoms with Gasteiger partial charge in [-0.25, -0.2) is 4.79 Å². The summed E-state index contributed by atoms with van der Waals surface area (Å²) >= 11 is 0.868. The zero-order valence-corrected chi connectivity index (χ0v) is 17.1. The lowest BCUT2D eigenvalue weighted by Crippen LogP contribution is -2.35. The number of ether oxygens (including phenoxy) is 2. The van der Waals surface area contributed by atoms with Gasteiger partial charge >= 0.3 is 5.97 Å². The molecule has 1 N–H and O–H groups in total. The molecule has 2 amide bonds. The fraction of sp³-hybridized carbons (Fsp3) is 0.190. The van der Waals surface area contributed by atoms with Gasteiger partial charge in [0.2, 0.25) is 5.76 Å². The number of carbonyl (C=O) groups excluding carboxylic acids is 2. The summed E-state index contributed by atoms with van der Waals surface area (Å²) in [5, 5.41) is 8.55. The van der Waals surface area contributed by atoms with Crippen molar-refractivity contribution in [1.29, 1.82) is 0 Å². The van der Waals surface area contributed by atoms with E-state index in [0.717, 1.165) is 16.7 Å². The molecule has 1 aliphatic heterocycles. The molecule has 1 unspecified atom stereocenters. The summed E-state index contributed by atoms with van der Waals surface area (Å²) in [5.41, 5.74) is 0.655.